The van der Waals surface area contributed by atoms with E-state index in [1.807, 2.05) is 79.0 Å². The van der Waals surface area contributed by atoms with E-state index in [4.69, 9.17) is 21.1 Å². The molecular weight excluding hydrogens is 522 g/mol. The number of ether oxygens (including phenoxy) is 2. The fraction of sp³-hybridized carbons (Fsp3) is 0.120. The number of hydrazone groups is 1. The van der Waals surface area contributed by atoms with Crippen molar-refractivity contribution in [2.75, 3.05) is 12.0 Å². The topological polar surface area (TPSA) is 55.7 Å². The highest BCUT2D eigenvalue weighted by molar-refractivity contribution is 9.10. The van der Waals surface area contributed by atoms with Gasteiger partial charge in [0.15, 0.2) is 11.5 Å². The van der Waals surface area contributed by atoms with Crippen LogP contribution in [0, 0.1) is 0 Å². The maximum atomic E-state index is 6.24. The molecular formula is C25H21BrClN3O2S. The Bertz CT molecular complexity index is 1250. The van der Waals surface area contributed by atoms with Crippen LogP contribution in [-0.4, -0.2) is 17.8 Å². The number of thiazole rings is 1. The van der Waals surface area contributed by atoms with Gasteiger partial charge in [-0.3, -0.25) is 5.43 Å². The minimum Gasteiger partial charge on any atom is -0.490 e. The Balaban J connectivity index is 1.46. The maximum absolute atomic E-state index is 6.24. The third kappa shape index (κ3) is 6.13. The average Bonchev–Trinajstić information content (AvgIpc) is 3.30. The third-order valence-corrected chi connectivity index (χ3v) is 6.44. The Morgan fingerprint density at radius 1 is 1.06 bits per heavy atom. The molecule has 3 aromatic carbocycles. The van der Waals surface area contributed by atoms with Crippen molar-refractivity contribution < 1.29 is 9.47 Å². The van der Waals surface area contributed by atoms with Crippen molar-refractivity contribution in [1.29, 1.82) is 0 Å². The molecule has 0 aliphatic heterocycles. The van der Waals surface area contributed by atoms with Gasteiger partial charge >= 0.3 is 0 Å². The summed E-state index contributed by atoms with van der Waals surface area (Å²) in [6, 6.07) is 21.4. The largest absolute Gasteiger partial charge is 0.490 e. The van der Waals surface area contributed by atoms with Gasteiger partial charge in [0.1, 0.15) is 6.61 Å². The second-order valence-corrected chi connectivity index (χ2v) is 9.03. The normalized spacial score (nSPS) is 11.0. The van der Waals surface area contributed by atoms with Crippen LogP contribution >= 0.6 is 38.9 Å². The third-order valence-electron chi connectivity index (χ3n) is 4.64. The van der Waals surface area contributed by atoms with E-state index in [1.54, 1.807) is 6.21 Å². The molecule has 0 saturated heterocycles. The maximum Gasteiger partial charge on any atom is 0.203 e. The summed E-state index contributed by atoms with van der Waals surface area (Å²) in [6.45, 7) is 2.79. The number of halogens is 2. The molecule has 0 aliphatic rings. The molecule has 4 rings (SSSR count). The Morgan fingerprint density at radius 3 is 2.61 bits per heavy atom. The standard InChI is InChI=1S/C25H21BrClN3O2S/c1-2-31-23-12-19(20(26)13-24(23)32-15-18-10-6-7-11-21(18)27)14-28-30-25-29-22(16-33-25)17-8-4-3-5-9-17/h3-14,16H,2,15H2,1H3,(H,29,30). The molecule has 1 N–H and O–H groups in total. The highest BCUT2D eigenvalue weighted by Crippen LogP contribution is 2.34. The summed E-state index contributed by atoms with van der Waals surface area (Å²) < 4.78 is 12.6. The first-order valence-electron chi connectivity index (χ1n) is 10.3. The molecule has 4 aromatic rings. The summed E-state index contributed by atoms with van der Waals surface area (Å²) in [5.41, 5.74) is 6.74. The Labute approximate surface area is 210 Å². The molecule has 0 fully saturated rings. The zero-order valence-corrected chi connectivity index (χ0v) is 21.0. The molecule has 0 bridgehead atoms. The number of aromatic nitrogens is 1. The van der Waals surface area contributed by atoms with Gasteiger partial charge in [0.2, 0.25) is 5.13 Å². The molecule has 0 radical (unpaired) electrons. The van der Waals surface area contributed by atoms with Gasteiger partial charge in [-0.1, -0.05) is 60.1 Å². The van der Waals surface area contributed by atoms with E-state index >= 15 is 0 Å². The molecule has 5 nitrogen and oxygen atoms in total. The van der Waals surface area contributed by atoms with E-state index in [9.17, 15) is 0 Å². The summed E-state index contributed by atoms with van der Waals surface area (Å²) in [5.74, 6) is 1.26. The summed E-state index contributed by atoms with van der Waals surface area (Å²) in [4.78, 5) is 4.58. The summed E-state index contributed by atoms with van der Waals surface area (Å²) >= 11 is 11.3. The molecule has 8 heteroatoms. The summed E-state index contributed by atoms with van der Waals surface area (Å²) in [7, 11) is 0. The highest BCUT2D eigenvalue weighted by Gasteiger charge is 2.11. The molecule has 168 valence electrons. The van der Waals surface area contributed by atoms with Crippen LogP contribution in [0.4, 0.5) is 5.13 Å². The molecule has 33 heavy (non-hydrogen) atoms. The number of hydrogen-bond acceptors (Lipinski definition) is 6. The van der Waals surface area contributed by atoms with Crippen LogP contribution in [0.15, 0.2) is 81.7 Å². The average molecular weight is 543 g/mol. The Morgan fingerprint density at radius 2 is 1.82 bits per heavy atom. The number of nitrogens with zero attached hydrogens (tertiary/aromatic N) is 2. The van der Waals surface area contributed by atoms with Crippen molar-refractivity contribution in [1.82, 2.24) is 4.98 Å². The van der Waals surface area contributed by atoms with Crippen LogP contribution in [0.1, 0.15) is 18.1 Å². The van der Waals surface area contributed by atoms with E-state index < -0.39 is 0 Å². The van der Waals surface area contributed by atoms with Gasteiger partial charge < -0.3 is 9.47 Å². The molecule has 0 spiro atoms. The van der Waals surface area contributed by atoms with Crippen molar-refractivity contribution >= 4 is 50.2 Å². The lowest BCUT2D eigenvalue weighted by Gasteiger charge is -2.14. The lowest BCUT2D eigenvalue weighted by Crippen LogP contribution is -2.02. The lowest BCUT2D eigenvalue weighted by atomic mass is 10.2. The Hall–Kier alpha value is -2.87. The number of hydrogen-bond donors (Lipinski definition) is 1. The van der Waals surface area contributed by atoms with Crippen molar-refractivity contribution in [2.24, 2.45) is 5.10 Å². The molecule has 1 heterocycles. The van der Waals surface area contributed by atoms with Crippen LogP contribution in [0.5, 0.6) is 11.5 Å². The SMILES string of the molecule is CCOc1cc(C=NNc2nc(-c3ccccc3)cs2)c(Br)cc1OCc1ccccc1Cl. The first-order valence-corrected chi connectivity index (χ1v) is 12.3. The van der Waals surface area contributed by atoms with Crippen molar-refractivity contribution in [3.63, 3.8) is 0 Å². The van der Waals surface area contributed by atoms with Gasteiger partial charge in [-0.2, -0.15) is 5.10 Å². The van der Waals surface area contributed by atoms with E-state index in [0.717, 1.165) is 26.9 Å². The number of rotatable bonds is 9. The second kappa shape index (κ2) is 11.3. The minimum absolute atomic E-state index is 0.342. The van der Waals surface area contributed by atoms with Gasteiger partial charge in [-0.05, 0) is 41.1 Å². The Kier molecular flexibility index (Phi) is 7.99. The van der Waals surface area contributed by atoms with Gasteiger partial charge in [0.05, 0.1) is 18.5 Å². The fourth-order valence-electron chi connectivity index (χ4n) is 3.03. The zero-order valence-electron chi connectivity index (χ0n) is 17.8. The second-order valence-electron chi connectivity index (χ2n) is 6.91. The van der Waals surface area contributed by atoms with E-state index in [2.05, 4.69) is 31.4 Å². The molecule has 1 aromatic heterocycles. The quantitative estimate of drug-likeness (QED) is 0.174. The van der Waals surface area contributed by atoms with Crippen LogP contribution in [-0.2, 0) is 6.61 Å². The van der Waals surface area contributed by atoms with Crippen molar-refractivity contribution in [2.45, 2.75) is 13.5 Å². The fourth-order valence-corrected chi connectivity index (χ4v) is 4.31. The van der Waals surface area contributed by atoms with Crippen LogP contribution < -0.4 is 14.9 Å². The minimum atomic E-state index is 0.342. The lowest BCUT2D eigenvalue weighted by molar-refractivity contribution is 0.269. The van der Waals surface area contributed by atoms with Gasteiger partial charge in [0.25, 0.3) is 0 Å². The molecule has 0 amide bonds. The summed E-state index contributed by atoms with van der Waals surface area (Å²) in [5, 5.41) is 7.73. The van der Waals surface area contributed by atoms with Gasteiger partial charge in [0, 0.05) is 31.6 Å². The number of anilines is 1. The smallest absolute Gasteiger partial charge is 0.203 e. The number of benzene rings is 3. The predicted molar refractivity (Wildman–Crippen MR) is 140 cm³/mol. The van der Waals surface area contributed by atoms with E-state index in [0.29, 0.717) is 34.9 Å². The van der Waals surface area contributed by atoms with Gasteiger partial charge in [-0.15, -0.1) is 11.3 Å². The number of nitrogens with one attached hydrogen (secondary N) is 1. The zero-order chi connectivity index (χ0) is 23.0. The van der Waals surface area contributed by atoms with E-state index in [-0.39, 0.29) is 0 Å². The molecule has 0 aliphatic carbocycles. The molecule has 0 atom stereocenters. The van der Waals surface area contributed by atoms with Crippen LogP contribution in [0.25, 0.3) is 11.3 Å². The van der Waals surface area contributed by atoms with E-state index in [1.165, 1.54) is 11.3 Å². The van der Waals surface area contributed by atoms with Crippen molar-refractivity contribution in [3.05, 3.63) is 92.7 Å². The van der Waals surface area contributed by atoms with Crippen LogP contribution in [0.2, 0.25) is 5.02 Å². The van der Waals surface area contributed by atoms with Crippen molar-refractivity contribution in [3.8, 4) is 22.8 Å². The highest BCUT2D eigenvalue weighted by atomic mass is 79.9. The molecule has 0 unspecified atom stereocenters. The molecule has 0 saturated carbocycles. The van der Waals surface area contributed by atoms with Crippen LogP contribution in [0.3, 0.4) is 0 Å². The van der Waals surface area contributed by atoms with Gasteiger partial charge in [-0.25, -0.2) is 4.98 Å². The first-order chi connectivity index (χ1) is 16.1. The predicted octanol–water partition coefficient (Wildman–Crippen LogP) is 7.65. The first kappa shape index (κ1) is 23.3. The monoisotopic (exact) mass is 541 g/mol. The summed E-state index contributed by atoms with van der Waals surface area (Å²) in [6.07, 6.45) is 1.72.